The molecule has 0 saturated carbocycles. The number of pyridine rings is 1. The second-order valence-electron chi connectivity index (χ2n) is 4.42. The molecule has 6 heteroatoms. The van der Waals surface area contributed by atoms with Gasteiger partial charge in [-0.3, -0.25) is 4.90 Å². The van der Waals surface area contributed by atoms with Crippen LogP contribution >= 0.6 is 0 Å². The molecule has 0 aliphatic carbocycles. The molecule has 2 heterocycles. The number of piperazine rings is 1. The lowest BCUT2D eigenvalue weighted by atomic mass is 10.2. The summed E-state index contributed by atoms with van der Waals surface area (Å²) in [7, 11) is 1.63. The molecule has 18 heavy (non-hydrogen) atoms. The average molecular weight is 252 g/mol. The first-order valence-electron chi connectivity index (χ1n) is 6.10. The van der Waals surface area contributed by atoms with Crippen LogP contribution in [0.4, 0.5) is 5.82 Å². The first-order chi connectivity index (χ1) is 8.74. The molecule has 1 fully saturated rings. The van der Waals surface area contributed by atoms with Gasteiger partial charge >= 0.3 is 0 Å². The predicted octanol–water partition coefficient (Wildman–Crippen LogP) is 0.457. The third kappa shape index (κ3) is 2.90. The number of anilines is 1. The van der Waals surface area contributed by atoms with Crippen LogP contribution in [-0.2, 0) is 0 Å². The monoisotopic (exact) mass is 252 g/mol. The van der Waals surface area contributed by atoms with E-state index in [9.17, 15) is 0 Å². The van der Waals surface area contributed by atoms with Crippen LogP contribution in [0.2, 0.25) is 0 Å². The standard InChI is InChI=1S/C12H20N4O2/c1-10-3-4-11(18-2)14-12(10)16-7-5-15(6-8-16)9-13-17/h3-4,13,17H,5-9H2,1-2H3. The second kappa shape index (κ2) is 5.99. The third-order valence-electron chi connectivity index (χ3n) is 3.22. The van der Waals surface area contributed by atoms with Crippen molar-refractivity contribution in [3.05, 3.63) is 17.7 Å². The minimum Gasteiger partial charge on any atom is -0.481 e. The molecule has 0 aromatic carbocycles. The normalized spacial score (nSPS) is 16.9. The van der Waals surface area contributed by atoms with Crippen molar-refractivity contribution >= 4 is 5.82 Å². The summed E-state index contributed by atoms with van der Waals surface area (Å²) in [5.74, 6) is 1.64. The molecule has 0 atom stereocenters. The van der Waals surface area contributed by atoms with E-state index in [1.807, 2.05) is 12.1 Å². The van der Waals surface area contributed by atoms with E-state index in [-0.39, 0.29) is 0 Å². The minimum atomic E-state index is 0.512. The molecular weight excluding hydrogens is 232 g/mol. The molecule has 0 amide bonds. The number of aromatic nitrogens is 1. The largest absolute Gasteiger partial charge is 0.481 e. The van der Waals surface area contributed by atoms with E-state index in [2.05, 4.69) is 27.2 Å². The zero-order valence-corrected chi connectivity index (χ0v) is 10.9. The van der Waals surface area contributed by atoms with Gasteiger partial charge in [0.1, 0.15) is 5.82 Å². The van der Waals surface area contributed by atoms with Crippen LogP contribution in [0, 0.1) is 6.92 Å². The smallest absolute Gasteiger partial charge is 0.214 e. The quantitative estimate of drug-likeness (QED) is 0.759. The van der Waals surface area contributed by atoms with E-state index < -0.39 is 0 Å². The Labute approximate surface area is 107 Å². The molecule has 6 nitrogen and oxygen atoms in total. The molecule has 100 valence electrons. The van der Waals surface area contributed by atoms with Crippen molar-refractivity contribution in [2.45, 2.75) is 6.92 Å². The molecule has 2 N–H and O–H groups in total. The van der Waals surface area contributed by atoms with Crippen molar-refractivity contribution in [1.29, 1.82) is 0 Å². The van der Waals surface area contributed by atoms with Gasteiger partial charge in [-0.1, -0.05) is 6.07 Å². The van der Waals surface area contributed by atoms with Crippen LogP contribution in [0.5, 0.6) is 5.88 Å². The van der Waals surface area contributed by atoms with E-state index in [4.69, 9.17) is 9.94 Å². The Morgan fingerprint density at radius 1 is 1.33 bits per heavy atom. The summed E-state index contributed by atoms with van der Waals surface area (Å²) in [5, 5.41) is 8.68. The highest BCUT2D eigenvalue weighted by molar-refractivity contribution is 5.48. The maximum Gasteiger partial charge on any atom is 0.214 e. The zero-order chi connectivity index (χ0) is 13.0. The van der Waals surface area contributed by atoms with Crippen LogP contribution in [0.15, 0.2) is 12.1 Å². The minimum absolute atomic E-state index is 0.512. The van der Waals surface area contributed by atoms with Crippen molar-refractivity contribution in [3.8, 4) is 5.88 Å². The van der Waals surface area contributed by atoms with Crippen LogP contribution < -0.4 is 15.1 Å². The van der Waals surface area contributed by atoms with Gasteiger partial charge in [0.2, 0.25) is 5.88 Å². The Hall–Kier alpha value is -1.37. The van der Waals surface area contributed by atoms with Crippen LogP contribution in [0.1, 0.15) is 5.56 Å². The molecular formula is C12H20N4O2. The lowest BCUT2D eigenvalue weighted by Crippen LogP contribution is -2.49. The van der Waals surface area contributed by atoms with E-state index in [0.29, 0.717) is 12.5 Å². The lowest BCUT2D eigenvalue weighted by molar-refractivity contribution is 0.0943. The molecule has 1 saturated heterocycles. The number of hydrogen-bond donors (Lipinski definition) is 2. The molecule has 0 bridgehead atoms. The highest BCUT2D eigenvalue weighted by atomic mass is 16.5. The summed E-state index contributed by atoms with van der Waals surface area (Å²) in [6.45, 7) is 6.20. The van der Waals surface area contributed by atoms with Gasteiger partial charge < -0.3 is 14.8 Å². The highest BCUT2D eigenvalue weighted by Gasteiger charge is 2.19. The van der Waals surface area contributed by atoms with E-state index in [0.717, 1.165) is 37.6 Å². The number of methoxy groups -OCH3 is 1. The topological polar surface area (TPSA) is 60.9 Å². The molecule has 0 radical (unpaired) electrons. The maximum absolute atomic E-state index is 8.68. The molecule has 0 spiro atoms. The highest BCUT2D eigenvalue weighted by Crippen LogP contribution is 2.21. The fraction of sp³-hybridized carbons (Fsp3) is 0.583. The Kier molecular flexibility index (Phi) is 4.35. The fourth-order valence-electron chi connectivity index (χ4n) is 2.15. The van der Waals surface area contributed by atoms with Gasteiger partial charge in [0.15, 0.2) is 0 Å². The van der Waals surface area contributed by atoms with Crippen LogP contribution in [0.25, 0.3) is 0 Å². The van der Waals surface area contributed by atoms with Crippen molar-refractivity contribution < 1.29 is 9.94 Å². The lowest BCUT2D eigenvalue weighted by Gasteiger charge is -2.35. The molecule has 1 aliphatic rings. The number of hydroxylamine groups is 1. The Morgan fingerprint density at radius 3 is 2.67 bits per heavy atom. The first-order valence-corrected chi connectivity index (χ1v) is 6.10. The van der Waals surface area contributed by atoms with Gasteiger partial charge in [0, 0.05) is 32.2 Å². The number of hydrogen-bond acceptors (Lipinski definition) is 6. The summed E-state index contributed by atoms with van der Waals surface area (Å²) in [6, 6.07) is 3.91. The summed E-state index contributed by atoms with van der Waals surface area (Å²) in [4.78, 5) is 8.92. The fourth-order valence-corrected chi connectivity index (χ4v) is 2.15. The SMILES string of the molecule is COc1ccc(C)c(N2CCN(CNO)CC2)n1. The Morgan fingerprint density at radius 2 is 2.06 bits per heavy atom. The molecule has 1 aliphatic heterocycles. The maximum atomic E-state index is 8.68. The van der Waals surface area contributed by atoms with Crippen molar-refractivity contribution in [2.75, 3.05) is 44.9 Å². The average Bonchev–Trinajstić information content (AvgIpc) is 2.41. The molecule has 1 aromatic rings. The van der Waals surface area contributed by atoms with Crippen molar-refractivity contribution in [1.82, 2.24) is 15.4 Å². The molecule has 1 aromatic heterocycles. The number of ether oxygens (including phenoxy) is 1. The van der Waals surface area contributed by atoms with Crippen molar-refractivity contribution in [2.24, 2.45) is 0 Å². The zero-order valence-electron chi connectivity index (χ0n) is 10.9. The van der Waals surface area contributed by atoms with Crippen LogP contribution in [0.3, 0.4) is 0 Å². The number of nitrogens with one attached hydrogen (secondary N) is 1. The molecule has 0 unspecified atom stereocenters. The number of rotatable bonds is 4. The first kappa shape index (κ1) is 13.1. The van der Waals surface area contributed by atoms with E-state index in [1.54, 1.807) is 7.11 Å². The van der Waals surface area contributed by atoms with E-state index in [1.165, 1.54) is 0 Å². The van der Waals surface area contributed by atoms with Crippen LogP contribution in [-0.4, -0.2) is 55.0 Å². The van der Waals surface area contributed by atoms with Crippen molar-refractivity contribution in [3.63, 3.8) is 0 Å². The van der Waals surface area contributed by atoms with E-state index >= 15 is 0 Å². The van der Waals surface area contributed by atoms with Gasteiger partial charge in [-0.15, -0.1) is 0 Å². The van der Waals surface area contributed by atoms with Gasteiger partial charge in [0.25, 0.3) is 0 Å². The summed E-state index contributed by atoms with van der Waals surface area (Å²) >= 11 is 0. The van der Waals surface area contributed by atoms with Gasteiger partial charge in [-0.25, -0.2) is 0 Å². The Balaban J connectivity index is 2.04. The summed E-state index contributed by atoms with van der Waals surface area (Å²) in [6.07, 6.45) is 0. The van der Waals surface area contributed by atoms with Gasteiger partial charge in [-0.2, -0.15) is 10.5 Å². The summed E-state index contributed by atoms with van der Waals surface area (Å²) < 4.78 is 5.17. The predicted molar refractivity (Wildman–Crippen MR) is 69.1 cm³/mol. The third-order valence-corrected chi connectivity index (χ3v) is 3.22. The summed E-state index contributed by atoms with van der Waals surface area (Å²) in [5.41, 5.74) is 3.35. The Bertz CT molecular complexity index is 392. The molecule has 2 rings (SSSR count). The number of aryl methyl sites for hydroxylation is 1. The second-order valence-corrected chi connectivity index (χ2v) is 4.42. The number of nitrogens with zero attached hydrogens (tertiary/aromatic N) is 3. The van der Waals surface area contributed by atoms with Gasteiger partial charge in [-0.05, 0) is 12.5 Å². The van der Waals surface area contributed by atoms with Gasteiger partial charge in [0.05, 0.1) is 13.8 Å².